The largest absolute Gasteiger partial charge is 0.378 e. The predicted molar refractivity (Wildman–Crippen MR) is 96.4 cm³/mol. The zero-order valence-corrected chi connectivity index (χ0v) is 14.5. The minimum atomic E-state index is -0.0945. The van der Waals surface area contributed by atoms with Crippen molar-refractivity contribution in [1.82, 2.24) is 9.88 Å². The molecule has 0 spiro atoms. The molecule has 26 heavy (non-hydrogen) atoms. The van der Waals surface area contributed by atoms with Gasteiger partial charge in [0.25, 0.3) is 0 Å². The van der Waals surface area contributed by atoms with Crippen molar-refractivity contribution in [3.05, 3.63) is 65.5 Å². The highest BCUT2D eigenvalue weighted by Gasteiger charge is 2.42. The Balaban J connectivity index is 1.53. The van der Waals surface area contributed by atoms with Crippen LogP contribution >= 0.6 is 0 Å². The number of carbonyl (C=O) groups is 1. The third-order valence-electron chi connectivity index (χ3n) is 5.41. The van der Waals surface area contributed by atoms with E-state index in [9.17, 15) is 10.1 Å². The fraction of sp³-hybridized carbons (Fsp3) is 0.381. The molecule has 1 aromatic heterocycles. The molecule has 5 nitrogen and oxygen atoms in total. The first-order chi connectivity index (χ1) is 12.8. The number of fused-ring (bicyclic) bond motifs is 2. The molecule has 2 aliphatic rings. The fourth-order valence-electron chi connectivity index (χ4n) is 4.14. The van der Waals surface area contributed by atoms with Crippen LogP contribution < -0.4 is 0 Å². The number of pyridine rings is 1. The number of ether oxygens (including phenoxy) is 1. The van der Waals surface area contributed by atoms with Gasteiger partial charge in [-0.3, -0.25) is 14.7 Å². The highest BCUT2D eigenvalue weighted by molar-refractivity contribution is 5.98. The zero-order valence-electron chi connectivity index (χ0n) is 14.5. The summed E-state index contributed by atoms with van der Waals surface area (Å²) in [5.74, 6) is -0.0960. The number of aromatic nitrogens is 1. The quantitative estimate of drug-likeness (QED) is 0.796. The summed E-state index contributed by atoms with van der Waals surface area (Å²) in [5.41, 5.74) is 1.96. The molecule has 2 bridgehead atoms. The third-order valence-corrected chi connectivity index (χ3v) is 5.41. The predicted octanol–water partition coefficient (Wildman–Crippen LogP) is 2.82. The van der Waals surface area contributed by atoms with Gasteiger partial charge in [-0.2, -0.15) is 5.26 Å². The summed E-state index contributed by atoms with van der Waals surface area (Å²) in [5, 5.41) is 9.26. The second kappa shape index (κ2) is 7.36. The second-order valence-electron chi connectivity index (χ2n) is 7.05. The van der Waals surface area contributed by atoms with Crippen molar-refractivity contribution in [2.24, 2.45) is 5.92 Å². The maximum atomic E-state index is 13.0. The van der Waals surface area contributed by atoms with E-state index in [-0.39, 0.29) is 23.8 Å². The van der Waals surface area contributed by atoms with E-state index >= 15 is 0 Å². The Labute approximate surface area is 153 Å². The van der Waals surface area contributed by atoms with Crippen LogP contribution in [0, 0.1) is 17.2 Å². The molecule has 2 unspecified atom stereocenters. The van der Waals surface area contributed by atoms with Gasteiger partial charge in [-0.1, -0.05) is 30.3 Å². The lowest BCUT2D eigenvalue weighted by Crippen LogP contribution is -2.57. The van der Waals surface area contributed by atoms with E-state index in [1.54, 1.807) is 18.3 Å². The molecule has 0 radical (unpaired) electrons. The van der Waals surface area contributed by atoms with Crippen molar-refractivity contribution >= 4 is 5.78 Å². The lowest BCUT2D eigenvalue weighted by Gasteiger charge is -2.48. The number of benzene rings is 1. The van der Waals surface area contributed by atoms with Crippen molar-refractivity contribution in [1.29, 1.82) is 5.26 Å². The highest BCUT2D eigenvalue weighted by atomic mass is 16.5. The van der Waals surface area contributed by atoms with E-state index in [0.29, 0.717) is 24.5 Å². The normalized spacial score (nSPS) is 25.4. The van der Waals surface area contributed by atoms with Gasteiger partial charge in [-0.25, -0.2) is 0 Å². The molecule has 0 aliphatic carbocycles. The molecular weight excluding hydrogens is 326 g/mol. The molecule has 3 heterocycles. The third kappa shape index (κ3) is 3.26. The number of piperidine rings is 1. The van der Waals surface area contributed by atoms with Gasteiger partial charge in [0.15, 0.2) is 5.78 Å². The van der Waals surface area contributed by atoms with Crippen LogP contribution in [-0.4, -0.2) is 41.0 Å². The number of morpholine rings is 1. The fourth-order valence-corrected chi connectivity index (χ4v) is 4.14. The Kier molecular flexibility index (Phi) is 4.79. The summed E-state index contributed by atoms with van der Waals surface area (Å²) < 4.78 is 5.76. The van der Waals surface area contributed by atoms with Crippen LogP contribution in [0.15, 0.2) is 48.7 Å². The molecule has 0 saturated carbocycles. The molecule has 2 fully saturated rings. The molecule has 0 amide bonds. The Morgan fingerprint density at radius 3 is 2.58 bits per heavy atom. The maximum Gasteiger partial charge on any atom is 0.185 e. The number of hydrogen-bond donors (Lipinski definition) is 0. The maximum absolute atomic E-state index is 13.0. The molecule has 1 aromatic carbocycles. The lowest BCUT2D eigenvalue weighted by atomic mass is 9.81. The number of hydrogen-bond acceptors (Lipinski definition) is 5. The minimum Gasteiger partial charge on any atom is -0.378 e. The summed E-state index contributed by atoms with van der Waals surface area (Å²) >= 11 is 0. The zero-order chi connectivity index (χ0) is 17.9. The van der Waals surface area contributed by atoms with E-state index in [1.165, 1.54) is 5.56 Å². The van der Waals surface area contributed by atoms with Crippen LogP contribution in [0.3, 0.4) is 0 Å². The van der Waals surface area contributed by atoms with Crippen molar-refractivity contribution < 1.29 is 9.53 Å². The van der Waals surface area contributed by atoms with Gasteiger partial charge in [0.2, 0.25) is 0 Å². The average Bonchev–Trinajstić information content (AvgIpc) is 2.68. The van der Waals surface area contributed by atoms with Crippen molar-refractivity contribution in [3.8, 4) is 6.07 Å². The van der Waals surface area contributed by atoms with E-state index in [1.807, 2.05) is 6.07 Å². The molecule has 132 valence electrons. The van der Waals surface area contributed by atoms with Gasteiger partial charge in [0.1, 0.15) is 11.8 Å². The first-order valence-corrected chi connectivity index (χ1v) is 9.03. The Hall–Kier alpha value is -2.55. The first kappa shape index (κ1) is 16.9. The van der Waals surface area contributed by atoms with Gasteiger partial charge in [-0.15, -0.1) is 0 Å². The van der Waals surface area contributed by atoms with E-state index in [2.05, 4.69) is 40.2 Å². The Morgan fingerprint density at radius 2 is 1.88 bits per heavy atom. The summed E-state index contributed by atoms with van der Waals surface area (Å²) in [7, 11) is 0. The Morgan fingerprint density at radius 1 is 1.15 bits per heavy atom. The van der Waals surface area contributed by atoms with Gasteiger partial charge < -0.3 is 4.74 Å². The van der Waals surface area contributed by atoms with E-state index < -0.39 is 0 Å². The van der Waals surface area contributed by atoms with Crippen LogP contribution in [0.2, 0.25) is 0 Å². The van der Waals surface area contributed by atoms with Gasteiger partial charge in [-0.05, 0) is 30.5 Å². The molecule has 2 aliphatic heterocycles. The van der Waals surface area contributed by atoms with Crippen LogP contribution in [0.1, 0.15) is 34.5 Å². The van der Waals surface area contributed by atoms with Gasteiger partial charge in [0, 0.05) is 30.7 Å². The standard InChI is InChI=1S/C21H21N3O2/c22-11-16-7-4-8-23-20(16)21(25)17-9-18-13-26-14-19(10-17)24(18)12-15-5-2-1-3-6-15/h1-8,17-19H,9-10,12-14H2. The average molecular weight is 347 g/mol. The topological polar surface area (TPSA) is 66.2 Å². The number of carbonyl (C=O) groups excluding carboxylic acids is 1. The number of nitriles is 1. The van der Waals surface area contributed by atoms with Crippen molar-refractivity contribution in [2.45, 2.75) is 31.5 Å². The van der Waals surface area contributed by atoms with Crippen LogP contribution in [0.25, 0.3) is 0 Å². The van der Waals surface area contributed by atoms with E-state index in [0.717, 1.165) is 19.4 Å². The molecule has 0 N–H and O–H groups in total. The molecule has 2 aromatic rings. The molecule has 2 atom stereocenters. The van der Waals surface area contributed by atoms with Gasteiger partial charge >= 0.3 is 0 Å². The van der Waals surface area contributed by atoms with E-state index in [4.69, 9.17) is 4.74 Å². The number of rotatable bonds is 4. The Bertz CT molecular complexity index is 817. The summed E-state index contributed by atoms with van der Waals surface area (Å²) in [6.07, 6.45) is 3.09. The minimum absolute atomic E-state index is 0.00147. The molecular formula is C21H21N3O2. The molecule has 2 saturated heterocycles. The van der Waals surface area contributed by atoms with Crippen LogP contribution in [0.4, 0.5) is 0 Å². The number of Topliss-reactive ketones (excluding diaryl/α,β-unsaturated/α-hetero) is 1. The van der Waals surface area contributed by atoms with Gasteiger partial charge in [0.05, 0.1) is 18.8 Å². The SMILES string of the molecule is N#Cc1cccnc1C(=O)C1CC2COCC(C1)N2Cc1ccccc1. The monoisotopic (exact) mass is 347 g/mol. The summed E-state index contributed by atoms with van der Waals surface area (Å²) in [4.78, 5) is 19.7. The van der Waals surface area contributed by atoms with Crippen molar-refractivity contribution in [2.75, 3.05) is 13.2 Å². The summed E-state index contributed by atoms with van der Waals surface area (Å²) in [6.45, 7) is 2.19. The van der Waals surface area contributed by atoms with Crippen molar-refractivity contribution in [3.63, 3.8) is 0 Å². The lowest BCUT2D eigenvalue weighted by molar-refractivity contribution is -0.0873. The highest BCUT2D eigenvalue weighted by Crippen LogP contribution is 2.34. The van der Waals surface area contributed by atoms with Crippen LogP contribution in [-0.2, 0) is 11.3 Å². The number of nitrogens with zero attached hydrogens (tertiary/aromatic N) is 3. The molecule has 5 heteroatoms. The molecule has 4 rings (SSSR count). The smallest absolute Gasteiger partial charge is 0.185 e. The second-order valence-corrected chi connectivity index (χ2v) is 7.05. The summed E-state index contributed by atoms with van der Waals surface area (Å²) in [6, 6.07) is 16.3. The van der Waals surface area contributed by atoms with Crippen LogP contribution in [0.5, 0.6) is 0 Å². The first-order valence-electron chi connectivity index (χ1n) is 9.03. The number of ketones is 1.